The Kier molecular flexibility index (Phi) is 3.92. The highest BCUT2D eigenvalue weighted by molar-refractivity contribution is 5.89. The number of esters is 1. The summed E-state index contributed by atoms with van der Waals surface area (Å²) >= 11 is 0. The first kappa shape index (κ1) is 14.0. The quantitative estimate of drug-likeness (QED) is 0.850. The minimum atomic E-state index is -0.817. The summed E-state index contributed by atoms with van der Waals surface area (Å²) in [5, 5.41) is 9.82. The minimum Gasteiger partial charge on any atom is -0.459 e. The zero-order valence-electron chi connectivity index (χ0n) is 11.5. The van der Waals surface area contributed by atoms with Crippen LogP contribution in [-0.4, -0.2) is 30.1 Å². The van der Waals surface area contributed by atoms with Crippen molar-refractivity contribution in [2.75, 3.05) is 6.61 Å². The Morgan fingerprint density at radius 1 is 1.37 bits per heavy atom. The molecule has 19 heavy (non-hydrogen) atoms. The first-order valence-electron chi connectivity index (χ1n) is 6.48. The second-order valence-electron chi connectivity index (χ2n) is 5.60. The van der Waals surface area contributed by atoms with Crippen LogP contribution in [0.1, 0.15) is 31.1 Å². The Balaban J connectivity index is 1.92. The van der Waals surface area contributed by atoms with Crippen LogP contribution >= 0.6 is 0 Å². The van der Waals surface area contributed by atoms with Crippen molar-refractivity contribution in [1.82, 2.24) is 0 Å². The summed E-state index contributed by atoms with van der Waals surface area (Å²) in [4.78, 5) is 11.8. The lowest BCUT2D eigenvalue weighted by Crippen LogP contribution is -2.30. The maximum absolute atomic E-state index is 11.8. The third kappa shape index (κ3) is 2.80. The van der Waals surface area contributed by atoms with Gasteiger partial charge in [0.15, 0.2) is 6.29 Å². The summed E-state index contributed by atoms with van der Waals surface area (Å²) in [5.74, 6) is -0.248. The molecule has 1 aliphatic heterocycles. The molecular formula is C15H20O4. The first-order chi connectivity index (χ1) is 8.93. The Bertz CT molecular complexity index is 441. The van der Waals surface area contributed by atoms with Crippen LogP contribution in [0.2, 0.25) is 0 Å². The summed E-state index contributed by atoms with van der Waals surface area (Å²) in [7, 11) is 0. The van der Waals surface area contributed by atoms with Gasteiger partial charge in [-0.2, -0.15) is 0 Å². The van der Waals surface area contributed by atoms with E-state index in [9.17, 15) is 9.90 Å². The van der Waals surface area contributed by atoms with Crippen molar-refractivity contribution in [3.63, 3.8) is 0 Å². The van der Waals surface area contributed by atoms with Gasteiger partial charge in [0.1, 0.15) is 6.61 Å². The summed E-state index contributed by atoms with van der Waals surface area (Å²) in [6, 6.07) is 8.84. The lowest BCUT2D eigenvalue weighted by atomic mass is 9.79. The lowest BCUT2D eigenvalue weighted by molar-refractivity contribution is -0.134. The number of benzene rings is 1. The molecular weight excluding hydrogens is 244 g/mol. The normalized spacial score (nSPS) is 29.2. The number of ether oxygens (including phenoxy) is 2. The molecule has 2 rings (SSSR count). The van der Waals surface area contributed by atoms with Gasteiger partial charge in [-0.3, -0.25) is 0 Å². The van der Waals surface area contributed by atoms with Crippen LogP contribution in [0.4, 0.5) is 0 Å². The van der Waals surface area contributed by atoms with Crippen molar-refractivity contribution in [1.29, 1.82) is 0 Å². The van der Waals surface area contributed by atoms with E-state index >= 15 is 0 Å². The molecule has 1 fully saturated rings. The van der Waals surface area contributed by atoms with Gasteiger partial charge in [-0.05, 0) is 18.1 Å². The van der Waals surface area contributed by atoms with E-state index in [2.05, 4.69) is 0 Å². The molecule has 0 amide bonds. The van der Waals surface area contributed by atoms with E-state index < -0.39 is 6.29 Å². The van der Waals surface area contributed by atoms with Crippen LogP contribution in [0.15, 0.2) is 30.3 Å². The molecule has 4 heteroatoms. The largest absolute Gasteiger partial charge is 0.459 e. The van der Waals surface area contributed by atoms with Crippen molar-refractivity contribution in [2.45, 2.75) is 33.2 Å². The number of aliphatic hydroxyl groups is 1. The van der Waals surface area contributed by atoms with Crippen LogP contribution in [0.5, 0.6) is 0 Å². The lowest BCUT2D eigenvalue weighted by Gasteiger charge is -2.25. The molecule has 1 aromatic carbocycles. The highest BCUT2D eigenvalue weighted by Gasteiger charge is 2.47. The molecule has 4 nitrogen and oxygen atoms in total. The second kappa shape index (κ2) is 5.31. The van der Waals surface area contributed by atoms with Gasteiger partial charge in [0.25, 0.3) is 0 Å². The molecule has 104 valence electrons. The third-order valence-electron chi connectivity index (χ3n) is 4.06. The van der Waals surface area contributed by atoms with Crippen LogP contribution in [0.25, 0.3) is 0 Å². The molecule has 1 heterocycles. The molecule has 1 aromatic rings. The highest BCUT2D eigenvalue weighted by Crippen LogP contribution is 2.41. The number of rotatable bonds is 3. The Morgan fingerprint density at radius 3 is 2.53 bits per heavy atom. The maximum atomic E-state index is 11.8. The maximum Gasteiger partial charge on any atom is 0.338 e. The molecule has 0 radical (unpaired) electrons. The molecule has 0 bridgehead atoms. The second-order valence-corrected chi connectivity index (χ2v) is 5.60. The standard InChI is InChI=1S/C15H20O4/c1-10-12(19-14(17)15(10,2)3)9-18-13(16)11-7-5-4-6-8-11/h4-8,10,12,14,17H,9H2,1-3H3/t10-,12-,14?/m1/s1. The number of carbonyl (C=O) groups is 1. The fourth-order valence-electron chi connectivity index (χ4n) is 2.16. The predicted octanol–water partition coefficient (Wildman–Crippen LogP) is 2.22. The smallest absolute Gasteiger partial charge is 0.338 e. The Morgan fingerprint density at radius 2 is 2.00 bits per heavy atom. The van der Waals surface area contributed by atoms with Crippen molar-refractivity contribution in [2.24, 2.45) is 11.3 Å². The fraction of sp³-hybridized carbons (Fsp3) is 0.533. The summed E-state index contributed by atoms with van der Waals surface area (Å²) in [6.07, 6.45) is -1.08. The molecule has 3 atom stereocenters. The topological polar surface area (TPSA) is 55.8 Å². The minimum absolute atomic E-state index is 0.117. The van der Waals surface area contributed by atoms with Gasteiger partial charge >= 0.3 is 5.97 Å². The van der Waals surface area contributed by atoms with Gasteiger partial charge in [-0.15, -0.1) is 0 Å². The van der Waals surface area contributed by atoms with Crippen LogP contribution < -0.4 is 0 Å². The average molecular weight is 264 g/mol. The number of hydrogen-bond donors (Lipinski definition) is 1. The van der Waals surface area contributed by atoms with E-state index in [1.54, 1.807) is 24.3 Å². The van der Waals surface area contributed by atoms with Crippen LogP contribution in [0, 0.1) is 11.3 Å². The molecule has 1 saturated heterocycles. The summed E-state index contributed by atoms with van der Waals surface area (Å²) in [5.41, 5.74) is 0.192. The summed E-state index contributed by atoms with van der Waals surface area (Å²) in [6.45, 7) is 6.05. The molecule has 0 aliphatic carbocycles. The van der Waals surface area contributed by atoms with E-state index in [1.165, 1.54) is 0 Å². The number of hydrogen-bond acceptors (Lipinski definition) is 4. The molecule has 1 unspecified atom stereocenters. The van der Waals surface area contributed by atoms with Crippen molar-refractivity contribution < 1.29 is 19.4 Å². The average Bonchev–Trinajstić information content (AvgIpc) is 2.60. The van der Waals surface area contributed by atoms with E-state index in [0.29, 0.717) is 5.56 Å². The van der Waals surface area contributed by atoms with Crippen molar-refractivity contribution in [3.8, 4) is 0 Å². The van der Waals surface area contributed by atoms with Gasteiger partial charge in [0.2, 0.25) is 0 Å². The van der Waals surface area contributed by atoms with Crippen molar-refractivity contribution in [3.05, 3.63) is 35.9 Å². The molecule has 0 spiro atoms. The Labute approximate surface area is 113 Å². The molecule has 0 aromatic heterocycles. The predicted molar refractivity (Wildman–Crippen MR) is 70.5 cm³/mol. The molecule has 1 aliphatic rings. The van der Waals surface area contributed by atoms with Gasteiger partial charge in [-0.1, -0.05) is 39.0 Å². The number of aliphatic hydroxyl groups excluding tert-OH is 1. The first-order valence-corrected chi connectivity index (χ1v) is 6.48. The van der Waals surface area contributed by atoms with Crippen LogP contribution in [-0.2, 0) is 9.47 Å². The van der Waals surface area contributed by atoms with E-state index in [1.807, 2.05) is 26.8 Å². The highest BCUT2D eigenvalue weighted by atomic mass is 16.6. The van der Waals surface area contributed by atoms with E-state index in [-0.39, 0.29) is 30.0 Å². The zero-order valence-corrected chi connectivity index (χ0v) is 11.5. The van der Waals surface area contributed by atoms with E-state index in [4.69, 9.17) is 9.47 Å². The van der Waals surface area contributed by atoms with Gasteiger partial charge < -0.3 is 14.6 Å². The van der Waals surface area contributed by atoms with Gasteiger partial charge in [0.05, 0.1) is 11.7 Å². The van der Waals surface area contributed by atoms with E-state index in [0.717, 1.165) is 0 Å². The monoisotopic (exact) mass is 264 g/mol. The summed E-state index contributed by atoms with van der Waals surface area (Å²) < 4.78 is 10.7. The fourth-order valence-corrected chi connectivity index (χ4v) is 2.16. The third-order valence-corrected chi connectivity index (χ3v) is 4.06. The van der Waals surface area contributed by atoms with Crippen molar-refractivity contribution >= 4 is 5.97 Å². The van der Waals surface area contributed by atoms with Crippen LogP contribution in [0.3, 0.4) is 0 Å². The number of carbonyl (C=O) groups excluding carboxylic acids is 1. The molecule has 1 N–H and O–H groups in total. The SMILES string of the molecule is C[C@@H]1[C@@H](COC(=O)c2ccccc2)OC(O)C1(C)C. The van der Waals surface area contributed by atoms with Gasteiger partial charge in [-0.25, -0.2) is 4.79 Å². The zero-order chi connectivity index (χ0) is 14.0. The molecule has 0 saturated carbocycles. The van der Waals surface area contributed by atoms with Gasteiger partial charge in [0, 0.05) is 5.41 Å². The Hall–Kier alpha value is -1.39.